The fourth-order valence-electron chi connectivity index (χ4n) is 3.25. The van der Waals surface area contributed by atoms with Crippen LogP contribution < -0.4 is 4.90 Å². The molecule has 1 aliphatic heterocycles. The molecule has 3 aromatic rings. The predicted molar refractivity (Wildman–Crippen MR) is 89.4 cm³/mol. The lowest BCUT2D eigenvalue weighted by Crippen LogP contribution is -2.28. The second-order valence-corrected chi connectivity index (χ2v) is 5.95. The Morgan fingerprint density at radius 2 is 1.91 bits per heavy atom. The van der Waals surface area contributed by atoms with E-state index in [0.717, 1.165) is 18.7 Å². The number of rotatable bonds is 3. The molecular formula is C19H19N3. The number of imidazole rings is 1. The third-order valence-electron chi connectivity index (χ3n) is 4.44. The number of anilines is 1. The van der Waals surface area contributed by atoms with Gasteiger partial charge in [0.2, 0.25) is 0 Å². The van der Waals surface area contributed by atoms with Gasteiger partial charge < -0.3 is 9.47 Å². The van der Waals surface area contributed by atoms with Crippen molar-refractivity contribution in [2.75, 3.05) is 4.90 Å². The molecule has 0 bridgehead atoms. The maximum atomic E-state index is 4.09. The molecule has 1 atom stereocenters. The predicted octanol–water partition coefficient (Wildman–Crippen LogP) is 3.82. The largest absolute Gasteiger partial charge is 0.364 e. The van der Waals surface area contributed by atoms with Crippen LogP contribution >= 0.6 is 0 Å². The first-order valence-corrected chi connectivity index (χ1v) is 7.73. The van der Waals surface area contributed by atoms with E-state index in [2.05, 4.69) is 65.3 Å². The minimum absolute atomic E-state index is 0.561. The third kappa shape index (κ3) is 2.29. The molecule has 0 spiro atoms. The van der Waals surface area contributed by atoms with Crippen LogP contribution in [0.15, 0.2) is 67.3 Å². The van der Waals surface area contributed by atoms with Gasteiger partial charge in [0.15, 0.2) is 0 Å². The zero-order chi connectivity index (χ0) is 14.9. The smallest absolute Gasteiger partial charge is 0.0991 e. The number of para-hydroxylation sites is 1. The molecule has 0 saturated carbocycles. The number of aromatic nitrogens is 2. The maximum absolute atomic E-state index is 4.09. The van der Waals surface area contributed by atoms with Crippen molar-refractivity contribution < 1.29 is 0 Å². The highest BCUT2D eigenvalue weighted by molar-refractivity contribution is 5.59. The van der Waals surface area contributed by atoms with E-state index in [9.17, 15) is 0 Å². The molecule has 110 valence electrons. The van der Waals surface area contributed by atoms with E-state index in [4.69, 9.17) is 0 Å². The van der Waals surface area contributed by atoms with Crippen molar-refractivity contribution in [3.63, 3.8) is 0 Å². The summed E-state index contributed by atoms with van der Waals surface area (Å²) in [6.45, 7) is 3.27. The van der Waals surface area contributed by atoms with Gasteiger partial charge in [0.1, 0.15) is 0 Å². The van der Waals surface area contributed by atoms with Gasteiger partial charge in [-0.05, 0) is 42.7 Å². The Kier molecular flexibility index (Phi) is 3.19. The van der Waals surface area contributed by atoms with Crippen molar-refractivity contribution in [2.24, 2.45) is 0 Å². The molecule has 0 aliphatic carbocycles. The zero-order valence-electron chi connectivity index (χ0n) is 12.7. The first-order valence-electron chi connectivity index (χ1n) is 7.73. The van der Waals surface area contributed by atoms with E-state index in [1.807, 2.05) is 17.1 Å². The van der Waals surface area contributed by atoms with Crippen LogP contribution in [0.1, 0.15) is 18.1 Å². The molecule has 0 saturated heterocycles. The summed E-state index contributed by atoms with van der Waals surface area (Å²) >= 11 is 0. The van der Waals surface area contributed by atoms with E-state index < -0.39 is 0 Å². The van der Waals surface area contributed by atoms with Gasteiger partial charge in [-0.1, -0.05) is 30.3 Å². The van der Waals surface area contributed by atoms with Gasteiger partial charge in [0.05, 0.1) is 6.33 Å². The first-order chi connectivity index (χ1) is 10.8. The number of benzene rings is 2. The van der Waals surface area contributed by atoms with Crippen LogP contribution in [0.4, 0.5) is 5.69 Å². The Hall–Kier alpha value is -2.55. The van der Waals surface area contributed by atoms with Crippen LogP contribution in [0.5, 0.6) is 0 Å². The molecule has 0 radical (unpaired) electrons. The Morgan fingerprint density at radius 3 is 2.68 bits per heavy atom. The Labute approximate surface area is 130 Å². The number of nitrogens with zero attached hydrogens (tertiary/aromatic N) is 3. The van der Waals surface area contributed by atoms with Crippen LogP contribution in [0, 0.1) is 0 Å². The molecule has 0 N–H and O–H groups in total. The van der Waals surface area contributed by atoms with Gasteiger partial charge in [-0.2, -0.15) is 0 Å². The Balaban J connectivity index is 1.57. The van der Waals surface area contributed by atoms with Crippen LogP contribution in [0.3, 0.4) is 0 Å². The Morgan fingerprint density at radius 1 is 1.09 bits per heavy atom. The summed E-state index contributed by atoms with van der Waals surface area (Å²) in [5.74, 6) is 0. The van der Waals surface area contributed by atoms with Crippen molar-refractivity contribution in [1.82, 2.24) is 9.55 Å². The minimum atomic E-state index is 0.561. The summed E-state index contributed by atoms with van der Waals surface area (Å²) in [5.41, 5.74) is 5.34. The maximum Gasteiger partial charge on any atom is 0.0991 e. The number of hydrogen-bond acceptors (Lipinski definition) is 2. The summed E-state index contributed by atoms with van der Waals surface area (Å²) in [6, 6.07) is 18.0. The standard InChI is InChI=1S/C19H19N3/c1-15-12-17-4-2-3-5-19(17)22(15)13-16-6-8-18(9-7-16)21-11-10-20-14-21/h2-11,14-15H,12-13H2,1H3/t15-/m1/s1. The summed E-state index contributed by atoms with van der Waals surface area (Å²) in [4.78, 5) is 6.60. The van der Waals surface area contributed by atoms with Crippen LogP contribution in [-0.4, -0.2) is 15.6 Å². The van der Waals surface area contributed by atoms with Gasteiger partial charge in [0.25, 0.3) is 0 Å². The second-order valence-electron chi connectivity index (χ2n) is 5.95. The van der Waals surface area contributed by atoms with E-state index in [0.29, 0.717) is 6.04 Å². The van der Waals surface area contributed by atoms with E-state index in [1.165, 1.54) is 16.8 Å². The van der Waals surface area contributed by atoms with Crippen molar-refractivity contribution >= 4 is 5.69 Å². The van der Waals surface area contributed by atoms with Crippen molar-refractivity contribution in [2.45, 2.75) is 25.9 Å². The average molecular weight is 289 g/mol. The summed E-state index contributed by atoms with van der Waals surface area (Å²) in [5, 5.41) is 0. The molecule has 2 aromatic carbocycles. The summed E-state index contributed by atoms with van der Waals surface area (Å²) in [6.07, 6.45) is 6.74. The average Bonchev–Trinajstić information content (AvgIpc) is 3.17. The summed E-state index contributed by atoms with van der Waals surface area (Å²) < 4.78 is 2.03. The molecule has 1 aromatic heterocycles. The van der Waals surface area contributed by atoms with Gasteiger partial charge in [-0.3, -0.25) is 0 Å². The highest BCUT2D eigenvalue weighted by Crippen LogP contribution is 2.33. The fraction of sp³-hybridized carbons (Fsp3) is 0.211. The second kappa shape index (κ2) is 5.34. The lowest BCUT2D eigenvalue weighted by Gasteiger charge is -2.25. The van der Waals surface area contributed by atoms with Crippen molar-refractivity contribution in [3.8, 4) is 5.69 Å². The molecule has 0 fully saturated rings. The van der Waals surface area contributed by atoms with Crippen LogP contribution in [0.2, 0.25) is 0 Å². The number of hydrogen-bond donors (Lipinski definition) is 0. The molecule has 0 unspecified atom stereocenters. The van der Waals surface area contributed by atoms with Crippen molar-refractivity contribution in [1.29, 1.82) is 0 Å². The molecule has 22 heavy (non-hydrogen) atoms. The lowest BCUT2D eigenvalue weighted by molar-refractivity contribution is 0.672. The Bertz CT molecular complexity index is 760. The van der Waals surface area contributed by atoms with Crippen LogP contribution in [0.25, 0.3) is 5.69 Å². The highest BCUT2D eigenvalue weighted by atomic mass is 15.2. The monoisotopic (exact) mass is 289 g/mol. The summed E-state index contributed by atoms with van der Waals surface area (Å²) in [7, 11) is 0. The SMILES string of the molecule is C[C@@H]1Cc2ccccc2N1Cc1ccc(-n2ccnc2)cc1. The van der Waals surface area contributed by atoms with Gasteiger partial charge in [-0.15, -0.1) is 0 Å². The fourth-order valence-corrected chi connectivity index (χ4v) is 3.25. The lowest BCUT2D eigenvalue weighted by atomic mass is 10.1. The van der Waals surface area contributed by atoms with Gasteiger partial charge >= 0.3 is 0 Å². The molecule has 3 heteroatoms. The highest BCUT2D eigenvalue weighted by Gasteiger charge is 2.25. The normalized spacial score (nSPS) is 16.8. The van der Waals surface area contributed by atoms with Gasteiger partial charge in [-0.25, -0.2) is 4.98 Å². The molecule has 1 aliphatic rings. The van der Waals surface area contributed by atoms with E-state index in [1.54, 1.807) is 6.20 Å². The topological polar surface area (TPSA) is 21.1 Å². The molecule has 3 nitrogen and oxygen atoms in total. The zero-order valence-corrected chi connectivity index (χ0v) is 12.7. The molecule has 4 rings (SSSR count). The number of fused-ring (bicyclic) bond motifs is 1. The van der Waals surface area contributed by atoms with E-state index in [-0.39, 0.29) is 0 Å². The molecule has 2 heterocycles. The third-order valence-corrected chi connectivity index (χ3v) is 4.44. The van der Waals surface area contributed by atoms with E-state index >= 15 is 0 Å². The minimum Gasteiger partial charge on any atom is -0.364 e. The molecular weight excluding hydrogens is 270 g/mol. The first kappa shape index (κ1) is 13.1. The quantitative estimate of drug-likeness (QED) is 0.731. The van der Waals surface area contributed by atoms with Gasteiger partial charge in [0, 0.05) is 36.4 Å². The van der Waals surface area contributed by atoms with Crippen molar-refractivity contribution in [3.05, 3.63) is 78.4 Å². The molecule has 0 amide bonds. The van der Waals surface area contributed by atoms with Crippen LogP contribution in [-0.2, 0) is 13.0 Å².